The largest absolute Gasteiger partial charge is 0.307 e. The van der Waals surface area contributed by atoms with E-state index in [0.717, 1.165) is 11.4 Å². The summed E-state index contributed by atoms with van der Waals surface area (Å²) >= 11 is 0. The fourth-order valence-corrected chi connectivity index (χ4v) is 15.1. The number of hydrogen-bond acceptors (Lipinski definition) is 0. The van der Waals surface area contributed by atoms with E-state index in [1.165, 1.54) is 86.6 Å². The number of benzene rings is 10. The topological polar surface area (TPSA) is 9.86 Å². The molecule has 0 atom stereocenters. The summed E-state index contributed by atoms with van der Waals surface area (Å²) in [6, 6.07) is 94.3. The van der Waals surface area contributed by atoms with E-state index in [1.807, 2.05) is 0 Å². The molecule has 3 heteroatoms. The molecule has 0 amide bonds. The first-order chi connectivity index (χ1) is 31.3. The highest BCUT2D eigenvalue weighted by atomic mass is 28.3. The quantitative estimate of drug-likeness (QED) is 0.107. The van der Waals surface area contributed by atoms with Gasteiger partial charge in [0.2, 0.25) is 0 Å². The second kappa shape index (κ2) is 15.2. The van der Waals surface area contributed by atoms with Crippen LogP contribution in [0.3, 0.4) is 0 Å². The van der Waals surface area contributed by atoms with Crippen molar-refractivity contribution in [3.05, 3.63) is 255 Å². The van der Waals surface area contributed by atoms with Crippen LogP contribution in [-0.2, 0) is 0 Å². The molecule has 0 spiro atoms. The molecule has 12 aromatic rings. The van der Waals surface area contributed by atoms with Crippen molar-refractivity contribution in [1.82, 2.24) is 9.13 Å². The Hall–Kier alpha value is -7.98. The van der Waals surface area contributed by atoms with Crippen molar-refractivity contribution in [3.8, 4) is 33.6 Å². The van der Waals surface area contributed by atoms with E-state index in [-0.39, 0.29) is 0 Å². The van der Waals surface area contributed by atoms with Crippen molar-refractivity contribution < 1.29 is 0 Å². The van der Waals surface area contributed by atoms with Gasteiger partial charge in [-0.1, -0.05) is 212 Å². The Balaban J connectivity index is 1.16. The minimum Gasteiger partial charge on any atom is -0.307 e. The molecule has 0 bridgehead atoms. The van der Waals surface area contributed by atoms with Crippen molar-refractivity contribution in [2.45, 2.75) is 0 Å². The number of para-hydroxylation sites is 3. The average Bonchev–Trinajstić information content (AvgIpc) is 3.89. The van der Waals surface area contributed by atoms with Crippen molar-refractivity contribution in [3.63, 3.8) is 0 Å². The van der Waals surface area contributed by atoms with Gasteiger partial charge in [0.1, 0.15) is 0 Å². The fourth-order valence-electron chi connectivity index (χ4n) is 10.3. The van der Waals surface area contributed by atoms with Gasteiger partial charge in [0.15, 0.2) is 8.07 Å². The molecular formula is C60H42N2Si. The van der Waals surface area contributed by atoms with E-state index in [9.17, 15) is 0 Å². The number of aromatic nitrogens is 2. The van der Waals surface area contributed by atoms with Gasteiger partial charge in [-0.15, -0.1) is 0 Å². The second-order valence-corrected chi connectivity index (χ2v) is 20.3. The lowest BCUT2D eigenvalue weighted by atomic mass is 9.98. The zero-order valence-electron chi connectivity index (χ0n) is 34.6. The Morgan fingerprint density at radius 1 is 0.254 bits per heavy atom. The van der Waals surface area contributed by atoms with Crippen LogP contribution < -0.4 is 20.7 Å². The highest BCUT2D eigenvalue weighted by Crippen LogP contribution is 2.41. The summed E-state index contributed by atoms with van der Waals surface area (Å²) in [6.45, 7) is 0. The van der Waals surface area contributed by atoms with Crippen LogP contribution in [0.4, 0.5) is 0 Å². The van der Waals surface area contributed by atoms with Gasteiger partial charge in [0.05, 0.1) is 27.8 Å². The molecule has 0 unspecified atom stereocenters. The molecule has 0 aliphatic carbocycles. The summed E-state index contributed by atoms with van der Waals surface area (Å²) in [5, 5.41) is 10.4. The first-order valence-corrected chi connectivity index (χ1v) is 23.8. The van der Waals surface area contributed by atoms with Crippen LogP contribution in [0.5, 0.6) is 0 Å². The van der Waals surface area contributed by atoms with Crippen LogP contribution in [0, 0.1) is 0 Å². The van der Waals surface area contributed by atoms with Crippen LogP contribution in [-0.4, -0.2) is 17.2 Å². The first-order valence-electron chi connectivity index (χ1n) is 21.8. The summed E-state index contributed by atoms with van der Waals surface area (Å²) in [4.78, 5) is 0. The van der Waals surface area contributed by atoms with E-state index in [4.69, 9.17) is 0 Å². The van der Waals surface area contributed by atoms with Crippen LogP contribution in [0.15, 0.2) is 255 Å². The molecule has 2 heterocycles. The number of nitrogens with zero attached hydrogens (tertiary/aromatic N) is 2. The predicted octanol–water partition coefficient (Wildman–Crippen LogP) is 12.6. The molecule has 0 radical (unpaired) electrons. The Bertz CT molecular complexity index is 3440. The third-order valence-corrected chi connectivity index (χ3v) is 17.8. The van der Waals surface area contributed by atoms with Crippen LogP contribution in [0.1, 0.15) is 0 Å². The van der Waals surface area contributed by atoms with E-state index in [0.29, 0.717) is 0 Å². The molecule has 2 aromatic heterocycles. The first kappa shape index (κ1) is 36.8. The molecule has 0 saturated carbocycles. The predicted molar refractivity (Wildman–Crippen MR) is 270 cm³/mol. The van der Waals surface area contributed by atoms with Gasteiger partial charge in [0.25, 0.3) is 0 Å². The third-order valence-electron chi connectivity index (χ3n) is 13.0. The van der Waals surface area contributed by atoms with Gasteiger partial charge in [-0.3, -0.25) is 0 Å². The summed E-state index contributed by atoms with van der Waals surface area (Å²) in [7, 11) is -2.77. The Labute approximate surface area is 368 Å². The number of fused-ring (bicyclic) bond motifs is 6. The molecule has 10 aromatic carbocycles. The zero-order valence-corrected chi connectivity index (χ0v) is 35.6. The number of hydrogen-bond donors (Lipinski definition) is 0. The zero-order chi connectivity index (χ0) is 41.7. The Morgan fingerprint density at radius 3 is 1.22 bits per heavy atom. The van der Waals surface area contributed by atoms with Crippen molar-refractivity contribution >= 4 is 72.4 Å². The minimum absolute atomic E-state index is 1.13. The highest BCUT2D eigenvalue weighted by molar-refractivity contribution is 7.20. The Morgan fingerprint density at radius 2 is 0.683 bits per heavy atom. The van der Waals surface area contributed by atoms with Gasteiger partial charge >= 0.3 is 0 Å². The van der Waals surface area contributed by atoms with Crippen LogP contribution in [0.2, 0.25) is 0 Å². The van der Waals surface area contributed by atoms with Gasteiger partial charge < -0.3 is 9.13 Å². The Kier molecular flexibility index (Phi) is 8.87. The molecule has 296 valence electrons. The van der Waals surface area contributed by atoms with Gasteiger partial charge in [-0.2, -0.15) is 0 Å². The lowest BCUT2D eigenvalue weighted by molar-refractivity contribution is 1.13. The van der Waals surface area contributed by atoms with Gasteiger partial charge in [-0.25, -0.2) is 0 Å². The molecule has 12 rings (SSSR count). The molecule has 0 N–H and O–H groups in total. The van der Waals surface area contributed by atoms with E-state index in [1.54, 1.807) is 0 Å². The maximum atomic E-state index is 2.53. The molecule has 0 fully saturated rings. The summed E-state index contributed by atoms with van der Waals surface area (Å²) in [5.41, 5.74) is 11.7. The molecule has 2 nitrogen and oxygen atoms in total. The lowest BCUT2D eigenvalue weighted by Crippen LogP contribution is -2.74. The third kappa shape index (κ3) is 5.93. The van der Waals surface area contributed by atoms with Crippen LogP contribution in [0.25, 0.3) is 77.2 Å². The van der Waals surface area contributed by atoms with Crippen molar-refractivity contribution in [1.29, 1.82) is 0 Å². The maximum Gasteiger partial charge on any atom is 0.179 e. The molecule has 0 aliphatic rings. The smallest absolute Gasteiger partial charge is 0.179 e. The molecular weight excluding hydrogens is 777 g/mol. The fraction of sp³-hybridized carbons (Fsp3) is 0. The monoisotopic (exact) mass is 818 g/mol. The number of rotatable bonds is 8. The lowest BCUT2D eigenvalue weighted by Gasteiger charge is -2.34. The normalized spacial score (nSPS) is 11.8. The maximum absolute atomic E-state index is 2.77. The molecule has 0 saturated heterocycles. The summed E-state index contributed by atoms with van der Waals surface area (Å²) in [6.07, 6.45) is 0. The van der Waals surface area contributed by atoms with Crippen molar-refractivity contribution in [2.24, 2.45) is 0 Å². The minimum atomic E-state index is -2.77. The molecule has 0 aliphatic heterocycles. The van der Waals surface area contributed by atoms with E-state index < -0.39 is 8.07 Å². The summed E-state index contributed by atoms with van der Waals surface area (Å²) < 4.78 is 5.02. The van der Waals surface area contributed by atoms with Gasteiger partial charge in [-0.05, 0) is 85.5 Å². The van der Waals surface area contributed by atoms with Gasteiger partial charge in [0, 0.05) is 27.2 Å². The second-order valence-electron chi connectivity index (χ2n) is 16.5. The van der Waals surface area contributed by atoms with Crippen molar-refractivity contribution in [2.75, 3.05) is 0 Å². The van der Waals surface area contributed by atoms with E-state index in [2.05, 4.69) is 264 Å². The average molecular weight is 819 g/mol. The SMILES string of the molecule is c1ccc(-c2cc(-c3ccccc3)cc(-n3c4ccccc4c4cccc(-n5c6ccccc6c6cc([Si](c7ccccc7)(c7ccccc7)c7ccccc7)ccc65)c43)c2)cc1. The van der Waals surface area contributed by atoms with E-state index >= 15 is 0 Å². The standard InChI is InChI=1S/C60H42N2Si/c1-6-21-43(22-7-1)45-39-46(44-23-8-2-9-24-44)41-47(40-45)61-56-34-18-16-31-52(56)54-33-20-36-59(60(54)61)62-57-35-19-17-32-53(57)55-42-51(37-38-58(55)62)63(48-25-10-3-11-26-48,49-27-12-4-13-28-49)50-29-14-5-15-30-50/h1-42H. The van der Waals surface area contributed by atoms with Crippen LogP contribution >= 0.6 is 0 Å². The summed E-state index contributed by atoms with van der Waals surface area (Å²) in [5.74, 6) is 0. The molecule has 63 heavy (non-hydrogen) atoms. The highest BCUT2D eigenvalue weighted by Gasteiger charge is 2.41.